The average molecular weight is 445 g/mol. The number of morpholine rings is 1. The first-order chi connectivity index (χ1) is 16.2. The van der Waals surface area contributed by atoms with Crippen LogP contribution in [0.2, 0.25) is 0 Å². The van der Waals surface area contributed by atoms with E-state index in [-0.39, 0.29) is 5.75 Å². The Labute approximate surface area is 192 Å². The molecule has 0 radical (unpaired) electrons. The molecular weight excluding hydrogens is 421 g/mol. The molecule has 2 aliphatic heterocycles. The zero-order chi connectivity index (χ0) is 22.6. The first-order valence-corrected chi connectivity index (χ1v) is 11.1. The molecular formula is C25H24FN5O2. The lowest BCUT2D eigenvalue weighted by atomic mass is 10.0. The first kappa shape index (κ1) is 21.3. The number of hydrogen-bond donors (Lipinski definition) is 0. The topological polar surface area (TPSA) is 74.5 Å². The first-order valence-electron chi connectivity index (χ1n) is 11.1. The maximum Gasteiger partial charge on any atom is 0.229 e. The van der Waals surface area contributed by atoms with Crippen LogP contribution in [0.3, 0.4) is 0 Å². The monoisotopic (exact) mass is 445 g/mol. The fourth-order valence-electron chi connectivity index (χ4n) is 4.18. The quantitative estimate of drug-likeness (QED) is 0.593. The molecule has 0 spiro atoms. The third-order valence-electron chi connectivity index (χ3n) is 5.89. The SMILES string of the molecule is N#Cc1cccc(CN2CCc3nc(N4CCOCC4)nc(Oc4ccccc4F)c3C2)c1. The Bertz CT molecular complexity index is 1190. The summed E-state index contributed by atoms with van der Waals surface area (Å²) in [5, 5.41) is 9.19. The zero-order valence-electron chi connectivity index (χ0n) is 18.2. The molecule has 1 saturated heterocycles. The summed E-state index contributed by atoms with van der Waals surface area (Å²) in [4.78, 5) is 13.9. The third-order valence-corrected chi connectivity index (χ3v) is 5.89. The Balaban J connectivity index is 1.46. The van der Waals surface area contributed by atoms with Crippen LogP contribution in [0, 0.1) is 17.1 Å². The van der Waals surface area contributed by atoms with Crippen molar-refractivity contribution >= 4 is 5.95 Å². The Morgan fingerprint density at radius 3 is 2.73 bits per heavy atom. The van der Waals surface area contributed by atoms with Gasteiger partial charge in [0.1, 0.15) is 0 Å². The summed E-state index contributed by atoms with van der Waals surface area (Å²) in [6.45, 7) is 4.76. The average Bonchev–Trinajstić information content (AvgIpc) is 2.86. The van der Waals surface area contributed by atoms with Gasteiger partial charge in [0.25, 0.3) is 0 Å². The zero-order valence-corrected chi connectivity index (χ0v) is 18.2. The number of benzene rings is 2. The smallest absolute Gasteiger partial charge is 0.229 e. The van der Waals surface area contributed by atoms with Gasteiger partial charge in [-0.05, 0) is 29.8 Å². The highest BCUT2D eigenvalue weighted by molar-refractivity contribution is 5.44. The van der Waals surface area contributed by atoms with Gasteiger partial charge in [-0.1, -0.05) is 24.3 Å². The van der Waals surface area contributed by atoms with Gasteiger partial charge in [-0.15, -0.1) is 0 Å². The molecule has 2 aliphatic rings. The van der Waals surface area contributed by atoms with E-state index in [0.29, 0.717) is 56.8 Å². The number of hydrogen-bond acceptors (Lipinski definition) is 7. The highest BCUT2D eigenvalue weighted by Crippen LogP contribution is 2.33. The summed E-state index contributed by atoms with van der Waals surface area (Å²) >= 11 is 0. The van der Waals surface area contributed by atoms with Gasteiger partial charge in [0.2, 0.25) is 11.8 Å². The molecule has 1 aromatic heterocycles. The van der Waals surface area contributed by atoms with Gasteiger partial charge in [0.15, 0.2) is 11.6 Å². The molecule has 3 heterocycles. The molecule has 0 unspecified atom stereocenters. The lowest BCUT2D eigenvalue weighted by Crippen LogP contribution is -2.38. The predicted molar refractivity (Wildman–Crippen MR) is 121 cm³/mol. The summed E-state index contributed by atoms with van der Waals surface area (Å²) in [6.07, 6.45) is 0.737. The maximum atomic E-state index is 14.4. The van der Waals surface area contributed by atoms with Crippen molar-refractivity contribution in [2.24, 2.45) is 0 Å². The van der Waals surface area contributed by atoms with Crippen LogP contribution in [-0.2, 0) is 24.2 Å². The van der Waals surface area contributed by atoms with E-state index in [9.17, 15) is 9.65 Å². The number of para-hydroxylation sites is 1. The summed E-state index contributed by atoms with van der Waals surface area (Å²) in [7, 11) is 0. The van der Waals surface area contributed by atoms with Crippen LogP contribution < -0.4 is 9.64 Å². The Morgan fingerprint density at radius 1 is 1.06 bits per heavy atom. The van der Waals surface area contributed by atoms with Gasteiger partial charge in [0, 0.05) is 39.1 Å². The van der Waals surface area contributed by atoms with Crippen molar-refractivity contribution in [3.63, 3.8) is 0 Å². The van der Waals surface area contributed by atoms with E-state index >= 15 is 0 Å². The minimum absolute atomic E-state index is 0.144. The molecule has 168 valence electrons. The number of nitriles is 1. The van der Waals surface area contributed by atoms with Crippen LogP contribution in [-0.4, -0.2) is 47.7 Å². The minimum atomic E-state index is -0.432. The third kappa shape index (κ3) is 4.80. The molecule has 1 fully saturated rings. The lowest BCUT2D eigenvalue weighted by molar-refractivity contribution is 0.122. The van der Waals surface area contributed by atoms with Crippen molar-refractivity contribution in [3.8, 4) is 17.7 Å². The molecule has 0 saturated carbocycles. The Morgan fingerprint density at radius 2 is 1.91 bits per heavy atom. The van der Waals surface area contributed by atoms with E-state index in [4.69, 9.17) is 19.4 Å². The molecule has 0 amide bonds. The number of nitrogens with zero attached hydrogens (tertiary/aromatic N) is 5. The van der Waals surface area contributed by atoms with Crippen molar-refractivity contribution in [3.05, 3.63) is 76.7 Å². The standard InChI is InChI=1S/C25H24FN5O2/c26-21-6-1-2-7-23(21)33-24-20-17-30(16-19-5-3-4-18(14-19)15-27)9-8-22(20)28-25(29-24)31-10-12-32-13-11-31/h1-7,14H,8-13,16-17H2. The van der Waals surface area contributed by atoms with E-state index < -0.39 is 5.82 Å². The van der Waals surface area contributed by atoms with Crippen LogP contribution in [0.25, 0.3) is 0 Å². The van der Waals surface area contributed by atoms with Crippen molar-refractivity contribution < 1.29 is 13.9 Å². The van der Waals surface area contributed by atoms with Gasteiger partial charge in [-0.3, -0.25) is 4.90 Å². The molecule has 0 atom stereocenters. The molecule has 3 aromatic rings. The predicted octanol–water partition coefficient (Wildman–Crippen LogP) is 3.67. The van der Waals surface area contributed by atoms with Crippen LogP contribution in [0.1, 0.15) is 22.4 Å². The van der Waals surface area contributed by atoms with Gasteiger partial charge < -0.3 is 14.4 Å². The summed E-state index contributed by atoms with van der Waals surface area (Å²) < 4.78 is 25.8. The number of rotatable bonds is 5. The molecule has 2 aromatic carbocycles. The largest absolute Gasteiger partial charge is 0.435 e. The number of aromatic nitrogens is 2. The minimum Gasteiger partial charge on any atom is -0.435 e. The van der Waals surface area contributed by atoms with E-state index in [1.54, 1.807) is 24.3 Å². The molecule has 8 heteroatoms. The Hall–Kier alpha value is -3.54. The molecule has 0 bridgehead atoms. The summed E-state index contributed by atoms with van der Waals surface area (Å²) in [6, 6.07) is 16.2. The van der Waals surface area contributed by atoms with Gasteiger partial charge in [0.05, 0.1) is 36.1 Å². The van der Waals surface area contributed by atoms with Crippen molar-refractivity contribution in [2.45, 2.75) is 19.5 Å². The van der Waals surface area contributed by atoms with E-state index in [0.717, 1.165) is 29.8 Å². The van der Waals surface area contributed by atoms with Crippen molar-refractivity contribution in [1.82, 2.24) is 14.9 Å². The molecule has 0 N–H and O–H groups in total. The molecule has 0 aliphatic carbocycles. The van der Waals surface area contributed by atoms with Gasteiger partial charge in [-0.2, -0.15) is 10.2 Å². The normalized spacial score (nSPS) is 16.2. The summed E-state index contributed by atoms with van der Waals surface area (Å²) in [5.41, 5.74) is 3.52. The van der Waals surface area contributed by atoms with Crippen LogP contribution in [0.5, 0.6) is 11.6 Å². The summed E-state index contributed by atoms with van der Waals surface area (Å²) in [5.74, 6) is 0.699. The highest BCUT2D eigenvalue weighted by Gasteiger charge is 2.26. The second kappa shape index (κ2) is 9.53. The van der Waals surface area contributed by atoms with E-state index in [1.165, 1.54) is 6.07 Å². The van der Waals surface area contributed by atoms with Crippen LogP contribution >= 0.6 is 0 Å². The van der Waals surface area contributed by atoms with Crippen molar-refractivity contribution in [2.75, 3.05) is 37.7 Å². The molecule has 33 heavy (non-hydrogen) atoms. The Kier molecular flexibility index (Phi) is 6.15. The van der Waals surface area contributed by atoms with E-state index in [1.807, 2.05) is 18.2 Å². The molecule has 7 nitrogen and oxygen atoms in total. The van der Waals surface area contributed by atoms with Crippen LogP contribution in [0.4, 0.5) is 10.3 Å². The fraction of sp³-hybridized carbons (Fsp3) is 0.320. The number of fused-ring (bicyclic) bond motifs is 1. The number of halogens is 1. The van der Waals surface area contributed by atoms with Crippen LogP contribution in [0.15, 0.2) is 48.5 Å². The van der Waals surface area contributed by atoms with Gasteiger partial charge >= 0.3 is 0 Å². The second-order valence-corrected chi connectivity index (χ2v) is 8.16. The lowest BCUT2D eigenvalue weighted by Gasteiger charge is -2.32. The van der Waals surface area contributed by atoms with Gasteiger partial charge in [-0.25, -0.2) is 9.37 Å². The highest BCUT2D eigenvalue weighted by atomic mass is 19.1. The fourth-order valence-corrected chi connectivity index (χ4v) is 4.18. The molecule has 5 rings (SSSR count). The maximum absolute atomic E-state index is 14.4. The number of ether oxygens (including phenoxy) is 2. The van der Waals surface area contributed by atoms with Crippen molar-refractivity contribution in [1.29, 1.82) is 5.26 Å². The number of anilines is 1. The second-order valence-electron chi connectivity index (χ2n) is 8.16. The van der Waals surface area contributed by atoms with E-state index in [2.05, 4.69) is 15.9 Å².